The first kappa shape index (κ1) is 18.3. The summed E-state index contributed by atoms with van der Waals surface area (Å²) in [6, 6.07) is 12.8. The maximum Gasteiger partial charge on any atom is 0.262 e. The minimum absolute atomic E-state index is 0.206. The number of fused-ring (bicyclic) bond motifs is 1. The highest BCUT2D eigenvalue weighted by atomic mass is 32.2. The molecule has 4 rings (SSSR count). The first-order chi connectivity index (χ1) is 12.9. The van der Waals surface area contributed by atoms with Crippen molar-refractivity contribution in [2.45, 2.75) is 36.5 Å². The summed E-state index contributed by atoms with van der Waals surface area (Å²) in [7, 11) is -2.09. The normalized spacial score (nSPS) is 23.9. The summed E-state index contributed by atoms with van der Waals surface area (Å²) in [5.74, 6) is 1.60. The Bertz CT molecular complexity index is 954. The molecule has 144 valence electrons. The van der Waals surface area contributed by atoms with Crippen LogP contribution in [-0.4, -0.2) is 28.6 Å². The highest BCUT2D eigenvalue weighted by Gasteiger charge is 2.58. The molecule has 27 heavy (non-hydrogen) atoms. The zero-order valence-electron chi connectivity index (χ0n) is 16.0. The summed E-state index contributed by atoms with van der Waals surface area (Å²) >= 11 is 0. The molecule has 0 amide bonds. The lowest BCUT2D eigenvalue weighted by Gasteiger charge is -2.17. The van der Waals surface area contributed by atoms with Gasteiger partial charge in [-0.25, -0.2) is 8.42 Å². The van der Waals surface area contributed by atoms with Gasteiger partial charge in [-0.1, -0.05) is 32.0 Å². The summed E-state index contributed by atoms with van der Waals surface area (Å²) in [6.07, 6.45) is 1.19. The fourth-order valence-corrected chi connectivity index (χ4v) is 5.18. The van der Waals surface area contributed by atoms with Crippen LogP contribution < -0.4 is 14.8 Å². The molecule has 2 aliphatic rings. The first-order valence-corrected chi connectivity index (χ1v) is 10.9. The van der Waals surface area contributed by atoms with Crippen LogP contribution in [0.15, 0.2) is 47.4 Å². The zero-order chi connectivity index (χ0) is 19.2. The fourth-order valence-electron chi connectivity index (χ4n) is 4.11. The Morgan fingerprint density at radius 1 is 1.19 bits per heavy atom. The number of methoxy groups -OCH3 is 1. The van der Waals surface area contributed by atoms with Crippen LogP contribution in [0.2, 0.25) is 0 Å². The molecular formula is C21H26N2O3S. The number of piperidine rings is 1. The molecule has 0 aromatic heterocycles. The van der Waals surface area contributed by atoms with Crippen LogP contribution in [0.1, 0.15) is 37.3 Å². The molecule has 6 heteroatoms. The van der Waals surface area contributed by atoms with Crippen LogP contribution in [0.4, 0.5) is 5.69 Å². The van der Waals surface area contributed by atoms with Crippen molar-refractivity contribution in [3.63, 3.8) is 0 Å². The second kappa shape index (κ2) is 6.53. The number of ether oxygens (including phenoxy) is 1. The molecule has 0 radical (unpaired) electrons. The molecule has 1 saturated heterocycles. The minimum Gasteiger partial charge on any atom is -0.495 e. The van der Waals surface area contributed by atoms with E-state index in [1.54, 1.807) is 19.2 Å². The topological polar surface area (TPSA) is 67.4 Å². The van der Waals surface area contributed by atoms with Crippen molar-refractivity contribution in [3.05, 3.63) is 53.6 Å². The van der Waals surface area contributed by atoms with Crippen LogP contribution in [0.25, 0.3) is 0 Å². The molecule has 0 spiro atoms. The third-order valence-corrected chi connectivity index (χ3v) is 7.32. The minimum atomic E-state index is -3.67. The lowest BCUT2D eigenvalue weighted by Crippen LogP contribution is -2.19. The molecule has 2 fully saturated rings. The van der Waals surface area contributed by atoms with Crippen molar-refractivity contribution in [2.75, 3.05) is 24.9 Å². The van der Waals surface area contributed by atoms with E-state index in [0.29, 0.717) is 23.3 Å². The standard InChI is InChI=1S/C21H26N2O3S/c1-14(2)15-4-7-18(8-5-15)27(24,25)23-19-9-6-16(10-20(19)26-3)21-11-17(21)12-22-13-21/h4-10,14,17,22-23H,11-13H2,1-3H3/t17-,21-/m1/s1. The Morgan fingerprint density at radius 3 is 2.48 bits per heavy atom. The van der Waals surface area contributed by atoms with E-state index < -0.39 is 10.0 Å². The predicted molar refractivity (Wildman–Crippen MR) is 107 cm³/mol. The highest BCUT2D eigenvalue weighted by molar-refractivity contribution is 7.92. The largest absolute Gasteiger partial charge is 0.495 e. The van der Waals surface area contributed by atoms with E-state index in [1.165, 1.54) is 12.0 Å². The van der Waals surface area contributed by atoms with Gasteiger partial charge in [0.1, 0.15) is 5.75 Å². The molecule has 1 heterocycles. The molecule has 2 aromatic carbocycles. The van der Waals surface area contributed by atoms with E-state index in [9.17, 15) is 8.42 Å². The van der Waals surface area contributed by atoms with Crippen LogP contribution in [0.3, 0.4) is 0 Å². The van der Waals surface area contributed by atoms with Crippen LogP contribution in [0.5, 0.6) is 5.75 Å². The molecule has 1 aliphatic carbocycles. The van der Waals surface area contributed by atoms with Gasteiger partial charge in [0.15, 0.2) is 0 Å². The number of sulfonamides is 1. The first-order valence-electron chi connectivity index (χ1n) is 9.38. The van der Waals surface area contributed by atoms with Crippen molar-refractivity contribution in [1.29, 1.82) is 0 Å². The number of rotatable bonds is 6. The van der Waals surface area contributed by atoms with Gasteiger partial charge in [0, 0.05) is 12.0 Å². The van der Waals surface area contributed by atoms with Gasteiger partial charge in [-0.2, -0.15) is 0 Å². The summed E-state index contributed by atoms with van der Waals surface area (Å²) in [5.41, 5.74) is 3.00. The van der Waals surface area contributed by atoms with E-state index in [1.807, 2.05) is 30.3 Å². The predicted octanol–water partition coefficient (Wildman–Crippen LogP) is 3.48. The molecule has 0 unspecified atom stereocenters. The van der Waals surface area contributed by atoms with Crippen molar-refractivity contribution in [1.82, 2.24) is 5.32 Å². The average Bonchev–Trinajstić information content (AvgIpc) is 3.22. The number of hydrogen-bond acceptors (Lipinski definition) is 4. The van der Waals surface area contributed by atoms with E-state index in [-0.39, 0.29) is 10.3 Å². The van der Waals surface area contributed by atoms with Crippen molar-refractivity contribution >= 4 is 15.7 Å². The van der Waals surface area contributed by atoms with Gasteiger partial charge >= 0.3 is 0 Å². The highest BCUT2D eigenvalue weighted by Crippen LogP contribution is 2.57. The quantitative estimate of drug-likeness (QED) is 0.798. The van der Waals surface area contributed by atoms with Gasteiger partial charge in [0.25, 0.3) is 10.0 Å². The third-order valence-electron chi connectivity index (χ3n) is 5.94. The summed E-state index contributed by atoms with van der Waals surface area (Å²) in [5, 5.41) is 3.43. The SMILES string of the molecule is COc1cc([C@@]23CNC[C@H]2C3)ccc1NS(=O)(=O)c1ccc(C(C)C)cc1. The maximum atomic E-state index is 12.8. The maximum absolute atomic E-state index is 12.8. The van der Waals surface area contributed by atoms with Crippen LogP contribution in [-0.2, 0) is 15.4 Å². The third kappa shape index (κ3) is 3.21. The Hall–Kier alpha value is -2.05. The molecule has 1 saturated carbocycles. The molecule has 1 aliphatic heterocycles. The molecule has 2 aromatic rings. The molecular weight excluding hydrogens is 360 g/mol. The molecule has 0 bridgehead atoms. The van der Waals surface area contributed by atoms with Gasteiger partial charge in [-0.15, -0.1) is 0 Å². The van der Waals surface area contributed by atoms with E-state index >= 15 is 0 Å². The number of nitrogens with one attached hydrogen (secondary N) is 2. The number of benzene rings is 2. The van der Waals surface area contributed by atoms with Gasteiger partial charge in [-0.05, 0) is 60.2 Å². The fraction of sp³-hybridized carbons (Fsp3) is 0.429. The van der Waals surface area contributed by atoms with Gasteiger partial charge in [0.2, 0.25) is 0 Å². The van der Waals surface area contributed by atoms with E-state index in [4.69, 9.17) is 4.74 Å². The Labute approximate surface area is 161 Å². The lowest BCUT2D eigenvalue weighted by atomic mass is 9.94. The van der Waals surface area contributed by atoms with Gasteiger partial charge < -0.3 is 10.1 Å². The van der Waals surface area contributed by atoms with Gasteiger partial charge in [-0.3, -0.25) is 4.72 Å². The molecule has 2 atom stereocenters. The second-order valence-electron chi connectivity index (χ2n) is 7.93. The van der Waals surface area contributed by atoms with Crippen LogP contribution >= 0.6 is 0 Å². The number of hydrogen-bond donors (Lipinski definition) is 2. The van der Waals surface area contributed by atoms with Crippen molar-refractivity contribution in [3.8, 4) is 5.75 Å². The van der Waals surface area contributed by atoms with Crippen molar-refractivity contribution < 1.29 is 13.2 Å². The van der Waals surface area contributed by atoms with Crippen molar-refractivity contribution in [2.24, 2.45) is 5.92 Å². The summed E-state index contributed by atoms with van der Waals surface area (Å²) < 4.78 is 33.7. The smallest absolute Gasteiger partial charge is 0.262 e. The Kier molecular flexibility index (Phi) is 4.43. The van der Waals surface area contributed by atoms with E-state index in [2.05, 4.69) is 23.9 Å². The Morgan fingerprint density at radius 2 is 1.93 bits per heavy atom. The van der Waals surface area contributed by atoms with Crippen LogP contribution in [0, 0.1) is 5.92 Å². The van der Waals surface area contributed by atoms with Gasteiger partial charge in [0.05, 0.1) is 17.7 Å². The molecule has 2 N–H and O–H groups in total. The number of anilines is 1. The Balaban J connectivity index is 1.59. The molecule has 5 nitrogen and oxygen atoms in total. The summed E-state index contributed by atoms with van der Waals surface area (Å²) in [6.45, 7) is 6.20. The zero-order valence-corrected chi connectivity index (χ0v) is 16.8. The monoisotopic (exact) mass is 386 g/mol. The van der Waals surface area contributed by atoms with E-state index in [0.717, 1.165) is 18.7 Å². The second-order valence-corrected chi connectivity index (χ2v) is 9.61. The average molecular weight is 387 g/mol. The lowest BCUT2D eigenvalue weighted by molar-refractivity contribution is 0.415. The summed E-state index contributed by atoms with van der Waals surface area (Å²) in [4.78, 5) is 0.249.